The SMILES string of the molecule is CC(C)(C)OC(=O)NN=C(Cc1ccccc1)Cc1ccccc1. The van der Waals surface area contributed by atoms with E-state index in [1.165, 1.54) is 0 Å². The largest absolute Gasteiger partial charge is 0.443 e. The first-order chi connectivity index (χ1) is 11.4. The average Bonchev–Trinajstić information content (AvgIpc) is 2.53. The van der Waals surface area contributed by atoms with Gasteiger partial charge in [-0.15, -0.1) is 0 Å². The second-order valence-electron chi connectivity index (χ2n) is 6.62. The Morgan fingerprint density at radius 2 is 1.38 bits per heavy atom. The van der Waals surface area contributed by atoms with Crippen molar-refractivity contribution < 1.29 is 9.53 Å². The lowest BCUT2D eigenvalue weighted by Crippen LogP contribution is -2.30. The summed E-state index contributed by atoms with van der Waals surface area (Å²) in [5.41, 5.74) is 5.14. The van der Waals surface area contributed by atoms with E-state index in [1.54, 1.807) is 0 Å². The molecule has 0 aromatic heterocycles. The maximum atomic E-state index is 11.8. The van der Waals surface area contributed by atoms with Gasteiger partial charge in [-0.05, 0) is 31.9 Å². The summed E-state index contributed by atoms with van der Waals surface area (Å²) < 4.78 is 5.23. The van der Waals surface area contributed by atoms with Gasteiger partial charge in [0.1, 0.15) is 5.60 Å². The van der Waals surface area contributed by atoms with E-state index in [0.717, 1.165) is 16.8 Å². The normalized spacial score (nSPS) is 10.8. The Bertz CT molecular complexity index is 630. The van der Waals surface area contributed by atoms with Crippen LogP contribution in [0.2, 0.25) is 0 Å². The zero-order valence-electron chi connectivity index (χ0n) is 14.5. The number of nitrogens with zero attached hydrogens (tertiary/aromatic N) is 1. The van der Waals surface area contributed by atoms with Crippen molar-refractivity contribution >= 4 is 11.8 Å². The highest BCUT2D eigenvalue weighted by molar-refractivity contribution is 5.89. The molecule has 126 valence electrons. The van der Waals surface area contributed by atoms with Crippen molar-refractivity contribution in [2.75, 3.05) is 0 Å². The first-order valence-corrected chi connectivity index (χ1v) is 8.05. The summed E-state index contributed by atoms with van der Waals surface area (Å²) in [6.07, 6.45) is 0.804. The molecule has 0 spiro atoms. The minimum absolute atomic E-state index is 0.541. The monoisotopic (exact) mass is 324 g/mol. The lowest BCUT2D eigenvalue weighted by Gasteiger charge is -2.18. The summed E-state index contributed by atoms with van der Waals surface area (Å²) in [5.74, 6) is 0. The van der Waals surface area contributed by atoms with E-state index in [1.807, 2.05) is 81.4 Å². The first kappa shape index (κ1) is 17.7. The van der Waals surface area contributed by atoms with Crippen molar-refractivity contribution in [3.8, 4) is 0 Å². The van der Waals surface area contributed by atoms with Crippen LogP contribution in [0.5, 0.6) is 0 Å². The number of carbonyl (C=O) groups is 1. The Morgan fingerprint density at radius 1 is 0.917 bits per heavy atom. The summed E-state index contributed by atoms with van der Waals surface area (Å²) in [6.45, 7) is 5.47. The minimum atomic E-state index is -0.543. The standard InChI is InChI=1S/C20H24N2O2/c1-20(2,3)24-19(23)22-21-18(14-16-10-6-4-7-11-16)15-17-12-8-5-9-13-17/h4-13H,14-15H2,1-3H3,(H,22,23). The molecule has 0 unspecified atom stereocenters. The van der Waals surface area contributed by atoms with Gasteiger partial charge in [-0.25, -0.2) is 10.2 Å². The van der Waals surface area contributed by atoms with Crippen LogP contribution in [0.3, 0.4) is 0 Å². The van der Waals surface area contributed by atoms with E-state index in [9.17, 15) is 4.79 Å². The number of carbonyl (C=O) groups excluding carboxylic acids is 1. The highest BCUT2D eigenvalue weighted by atomic mass is 16.6. The summed E-state index contributed by atoms with van der Waals surface area (Å²) in [5, 5.41) is 4.29. The highest BCUT2D eigenvalue weighted by Gasteiger charge is 2.16. The number of hydrogen-bond acceptors (Lipinski definition) is 3. The summed E-state index contributed by atoms with van der Waals surface area (Å²) in [4.78, 5) is 11.8. The Morgan fingerprint density at radius 3 is 1.79 bits per heavy atom. The van der Waals surface area contributed by atoms with Crippen molar-refractivity contribution in [1.82, 2.24) is 5.43 Å². The number of benzene rings is 2. The number of hydrogen-bond donors (Lipinski definition) is 1. The molecular weight excluding hydrogens is 300 g/mol. The van der Waals surface area contributed by atoms with E-state index >= 15 is 0 Å². The number of hydrazone groups is 1. The Hall–Kier alpha value is -2.62. The van der Waals surface area contributed by atoms with Crippen molar-refractivity contribution in [3.05, 3.63) is 71.8 Å². The van der Waals surface area contributed by atoms with Crippen LogP contribution in [-0.4, -0.2) is 17.4 Å². The molecule has 0 aliphatic carbocycles. The van der Waals surface area contributed by atoms with E-state index in [-0.39, 0.29) is 0 Å². The van der Waals surface area contributed by atoms with Crippen LogP contribution in [-0.2, 0) is 17.6 Å². The zero-order valence-corrected chi connectivity index (χ0v) is 14.5. The lowest BCUT2D eigenvalue weighted by atomic mass is 10.0. The van der Waals surface area contributed by atoms with Gasteiger partial charge in [0.15, 0.2) is 0 Å². The highest BCUT2D eigenvalue weighted by Crippen LogP contribution is 2.08. The second-order valence-corrected chi connectivity index (χ2v) is 6.62. The van der Waals surface area contributed by atoms with Gasteiger partial charge < -0.3 is 4.74 Å². The molecule has 0 fully saturated rings. The molecule has 0 saturated carbocycles. The number of nitrogens with one attached hydrogen (secondary N) is 1. The molecule has 2 aromatic carbocycles. The Labute approximate surface area is 143 Å². The van der Waals surface area contributed by atoms with Gasteiger partial charge in [-0.3, -0.25) is 0 Å². The number of rotatable bonds is 5. The fourth-order valence-electron chi connectivity index (χ4n) is 2.23. The van der Waals surface area contributed by atoms with Gasteiger partial charge >= 0.3 is 6.09 Å². The molecule has 24 heavy (non-hydrogen) atoms. The Balaban J connectivity index is 2.09. The van der Waals surface area contributed by atoms with Crippen LogP contribution in [0.15, 0.2) is 65.8 Å². The van der Waals surface area contributed by atoms with Crippen molar-refractivity contribution in [2.45, 2.75) is 39.2 Å². The molecule has 1 amide bonds. The molecule has 0 aliphatic heterocycles. The third-order valence-electron chi connectivity index (χ3n) is 3.21. The fraction of sp³-hybridized carbons (Fsp3) is 0.300. The van der Waals surface area contributed by atoms with Crippen LogP contribution in [0, 0.1) is 0 Å². The van der Waals surface area contributed by atoms with E-state index in [2.05, 4.69) is 10.5 Å². The molecule has 0 heterocycles. The quantitative estimate of drug-likeness (QED) is 0.656. The van der Waals surface area contributed by atoms with Gasteiger partial charge in [0.25, 0.3) is 0 Å². The Kier molecular flexibility index (Phi) is 6.13. The van der Waals surface area contributed by atoms with Crippen LogP contribution in [0.1, 0.15) is 31.9 Å². The summed E-state index contributed by atoms with van der Waals surface area (Å²) >= 11 is 0. The molecular formula is C20H24N2O2. The molecule has 0 saturated heterocycles. The number of ether oxygens (including phenoxy) is 1. The van der Waals surface area contributed by atoms with Crippen molar-refractivity contribution in [1.29, 1.82) is 0 Å². The molecule has 1 N–H and O–H groups in total. The smallest absolute Gasteiger partial charge is 0.428 e. The van der Waals surface area contributed by atoms with Crippen LogP contribution in [0.25, 0.3) is 0 Å². The lowest BCUT2D eigenvalue weighted by molar-refractivity contribution is 0.0529. The molecule has 0 aliphatic rings. The van der Waals surface area contributed by atoms with Crippen molar-refractivity contribution in [2.24, 2.45) is 5.10 Å². The average molecular weight is 324 g/mol. The van der Waals surface area contributed by atoms with Gasteiger partial charge in [0, 0.05) is 18.6 Å². The maximum absolute atomic E-state index is 11.8. The molecule has 4 heteroatoms. The predicted molar refractivity (Wildman–Crippen MR) is 97.1 cm³/mol. The number of amides is 1. The van der Waals surface area contributed by atoms with Gasteiger partial charge in [0.2, 0.25) is 0 Å². The summed E-state index contributed by atoms with van der Waals surface area (Å²) in [6, 6.07) is 20.2. The van der Waals surface area contributed by atoms with E-state index in [0.29, 0.717) is 12.8 Å². The first-order valence-electron chi connectivity index (χ1n) is 8.05. The van der Waals surface area contributed by atoms with Crippen LogP contribution in [0.4, 0.5) is 4.79 Å². The van der Waals surface area contributed by atoms with Gasteiger partial charge in [-0.2, -0.15) is 5.10 Å². The van der Waals surface area contributed by atoms with E-state index in [4.69, 9.17) is 4.74 Å². The van der Waals surface area contributed by atoms with Crippen LogP contribution >= 0.6 is 0 Å². The third kappa shape index (κ3) is 6.65. The predicted octanol–water partition coefficient (Wildman–Crippen LogP) is 4.35. The summed E-state index contributed by atoms with van der Waals surface area (Å²) in [7, 11) is 0. The van der Waals surface area contributed by atoms with E-state index < -0.39 is 11.7 Å². The van der Waals surface area contributed by atoms with Crippen molar-refractivity contribution in [3.63, 3.8) is 0 Å². The zero-order chi connectivity index (χ0) is 17.4. The minimum Gasteiger partial charge on any atom is -0.443 e. The molecule has 0 atom stereocenters. The fourth-order valence-corrected chi connectivity index (χ4v) is 2.23. The van der Waals surface area contributed by atoms with Crippen LogP contribution < -0.4 is 5.43 Å². The topological polar surface area (TPSA) is 50.7 Å². The third-order valence-corrected chi connectivity index (χ3v) is 3.21. The maximum Gasteiger partial charge on any atom is 0.428 e. The molecule has 4 nitrogen and oxygen atoms in total. The molecule has 2 aromatic rings. The second kappa shape index (κ2) is 8.29. The molecule has 2 rings (SSSR count). The molecule has 0 bridgehead atoms. The van der Waals surface area contributed by atoms with Gasteiger partial charge in [-0.1, -0.05) is 60.7 Å². The molecule has 0 radical (unpaired) electrons. The van der Waals surface area contributed by atoms with Gasteiger partial charge in [0.05, 0.1) is 0 Å².